The van der Waals surface area contributed by atoms with Crippen LogP contribution in [0.3, 0.4) is 0 Å². The molecule has 0 radical (unpaired) electrons. The lowest BCUT2D eigenvalue weighted by Crippen LogP contribution is -2.54. The fourth-order valence-electron chi connectivity index (χ4n) is 3.48. The highest BCUT2D eigenvalue weighted by Crippen LogP contribution is 2.25. The molecule has 3 atom stereocenters. The molecular weight excluding hydrogens is 376 g/mol. The first-order valence-electron chi connectivity index (χ1n) is 10.7. The second-order valence-electron chi connectivity index (χ2n) is 8.17. The predicted molar refractivity (Wildman–Crippen MR) is 120 cm³/mol. The molecule has 0 spiro atoms. The number of benzene rings is 2. The third-order valence-electron chi connectivity index (χ3n) is 5.63. The Hall–Kier alpha value is -2.66. The van der Waals surface area contributed by atoms with E-state index in [2.05, 4.69) is 10.6 Å². The first kappa shape index (κ1) is 23.6. The minimum absolute atomic E-state index is 0.0996. The largest absolute Gasteiger partial charge is 0.394 e. The first-order valence-corrected chi connectivity index (χ1v) is 10.7. The van der Waals surface area contributed by atoms with Crippen molar-refractivity contribution in [2.24, 2.45) is 11.8 Å². The molecule has 0 aliphatic heterocycles. The Morgan fingerprint density at radius 3 is 1.73 bits per heavy atom. The van der Waals surface area contributed by atoms with Gasteiger partial charge in [0.05, 0.1) is 18.6 Å². The Balaban J connectivity index is 2.25. The lowest BCUT2D eigenvalue weighted by Gasteiger charge is -2.29. The van der Waals surface area contributed by atoms with Crippen molar-refractivity contribution in [2.45, 2.75) is 52.1 Å². The number of aliphatic hydroxyl groups is 1. The van der Waals surface area contributed by atoms with Gasteiger partial charge in [-0.3, -0.25) is 9.59 Å². The van der Waals surface area contributed by atoms with Crippen LogP contribution in [0.4, 0.5) is 0 Å². The number of carbonyl (C=O) groups excluding carboxylic acids is 2. The van der Waals surface area contributed by atoms with Crippen molar-refractivity contribution in [2.75, 3.05) is 6.61 Å². The van der Waals surface area contributed by atoms with Gasteiger partial charge in [0.15, 0.2) is 0 Å². The maximum absolute atomic E-state index is 13.4. The molecule has 2 amide bonds. The zero-order valence-corrected chi connectivity index (χ0v) is 18.3. The van der Waals surface area contributed by atoms with Gasteiger partial charge in [0, 0.05) is 0 Å². The van der Waals surface area contributed by atoms with Gasteiger partial charge in [0.25, 0.3) is 0 Å². The topological polar surface area (TPSA) is 78.4 Å². The van der Waals surface area contributed by atoms with E-state index < -0.39 is 12.0 Å². The summed E-state index contributed by atoms with van der Waals surface area (Å²) in [6.07, 6.45) is 0.842. The van der Waals surface area contributed by atoms with E-state index in [1.54, 1.807) is 0 Å². The molecule has 3 N–H and O–H groups in total. The Morgan fingerprint density at radius 1 is 0.833 bits per heavy atom. The summed E-state index contributed by atoms with van der Waals surface area (Å²) < 4.78 is 0. The average molecular weight is 411 g/mol. The van der Waals surface area contributed by atoms with Gasteiger partial charge in [0.2, 0.25) is 11.8 Å². The summed E-state index contributed by atoms with van der Waals surface area (Å²) >= 11 is 0. The number of carbonyl (C=O) groups is 2. The third kappa shape index (κ3) is 6.17. The molecule has 0 saturated carbocycles. The van der Waals surface area contributed by atoms with Crippen LogP contribution in [0.1, 0.15) is 51.2 Å². The quantitative estimate of drug-likeness (QED) is 0.561. The van der Waals surface area contributed by atoms with Gasteiger partial charge in [-0.05, 0) is 23.0 Å². The molecule has 2 aromatic carbocycles. The number of aliphatic hydroxyl groups excluding tert-OH is 1. The van der Waals surface area contributed by atoms with Crippen LogP contribution in [-0.2, 0) is 9.59 Å². The fourth-order valence-corrected chi connectivity index (χ4v) is 3.48. The van der Waals surface area contributed by atoms with Crippen LogP contribution in [0.25, 0.3) is 0 Å². The van der Waals surface area contributed by atoms with Crippen LogP contribution in [0.2, 0.25) is 0 Å². The minimum Gasteiger partial charge on any atom is -0.394 e. The van der Waals surface area contributed by atoms with Crippen LogP contribution in [0.5, 0.6) is 0 Å². The zero-order valence-electron chi connectivity index (χ0n) is 18.3. The lowest BCUT2D eigenvalue weighted by molar-refractivity contribution is -0.131. The van der Waals surface area contributed by atoms with E-state index in [1.807, 2.05) is 88.4 Å². The molecule has 162 valence electrons. The smallest absolute Gasteiger partial charge is 0.243 e. The van der Waals surface area contributed by atoms with E-state index in [0.717, 1.165) is 17.5 Å². The van der Waals surface area contributed by atoms with Crippen molar-refractivity contribution in [3.8, 4) is 0 Å². The lowest BCUT2D eigenvalue weighted by atomic mass is 9.89. The van der Waals surface area contributed by atoms with E-state index in [-0.39, 0.29) is 36.3 Å². The van der Waals surface area contributed by atoms with E-state index in [9.17, 15) is 14.7 Å². The second-order valence-corrected chi connectivity index (χ2v) is 8.17. The molecule has 2 rings (SSSR count). The van der Waals surface area contributed by atoms with E-state index in [0.29, 0.717) is 0 Å². The van der Waals surface area contributed by atoms with Crippen LogP contribution >= 0.6 is 0 Å². The second kappa shape index (κ2) is 11.5. The summed E-state index contributed by atoms with van der Waals surface area (Å²) in [5, 5.41) is 15.5. The number of nitrogens with one attached hydrogen (secondary N) is 2. The number of hydrogen-bond donors (Lipinski definition) is 3. The summed E-state index contributed by atoms with van der Waals surface area (Å²) in [5.74, 6) is -0.950. The predicted octanol–water partition coefficient (Wildman–Crippen LogP) is 3.48. The van der Waals surface area contributed by atoms with Crippen molar-refractivity contribution in [3.05, 3.63) is 71.8 Å². The summed E-state index contributed by atoms with van der Waals surface area (Å²) in [6, 6.07) is 18.1. The van der Waals surface area contributed by atoms with Crippen molar-refractivity contribution >= 4 is 11.8 Å². The molecule has 0 saturated heterocycles. The molecule has 5 heteroatoms. The number of amides is 2. The fraction of sp³-hybridized carbons (Fsp3) is 0.440. The van der Waals surface area contributed by atoms with Gasteiger partial charge >= 0.3 is 0 Å². The SMILES string of the molecule is CCC(C)C(CO)NC(=O)C(NC(=O)C(c1ccccc1)c1ccccc1)C(C)C. The highest BCUT2D eigenvalue weighted by atomic mass is 16.3. The molecule has 0 heterocycles. The number of rotatable bonds is 10. The molecule has 0 aliphatic carbocycles. The van der Waals surface area contributed by atoms with Gasteiger partial charge < -0.3 is 15.7 Å². The maximum Gasteiger partial charge on any atom is 0.243 e. The Morgan fingerprint density at radius 2 is 1.33 bits per heavy atom. The minimum atomic E-state index is -0.689. The maximum atomic E-state index is 13.4. The molecule has 2 aromatic rings. The summed E-state index contributed by atoms with van der Waals surface area (Å²) in [4.78, 5) is 26.3. The summed E-state index contributed by atoms with van der Waals surface area (Å²) in [7, 11) is 0. The van der Waals surface area contributed by atoms with E-state index >= 15 is 0 Å². The molecule has 5 nitrogen and oxygen atoms in total. The van der Waals surface area contributed by atoms with E-state index in [4.69, 9.17) is 0 Å². The van der Waals surface area contributed by atoms with Crippen molar-refractivity contribution in [1.29, 1.82) is 0 Å². The molecule has 30 heavy (non-hydrogen) atoms. The monoisotopic (exact) mass is 410 g/mol. The van der Waals surface area contributed by atoms with Crippen molar-refractivity contribution < 1.29 is 14.7 Å². The van der Waals surface area contributed by atoms with Gasteiger partial charge in [-0.25, -0.2) is 0 Å². The molecule has 3 unspecified atom stereocenters. The summed E-state index contributed by atoms with van der Waals surface area (Å²) in [5.41, 5.74) is 1.74. The van der Waals surface area contributed by atoms with Gasteiger partial charge in [-0.1, -0.05) is 94.8 Å². The first-order chi connectivity index (χ1) is 14.4. The van der Waals surface area contributed by atoms with Crippen molar-refractivity contribution in [3.63, 3.8) is 0 Å². The van der Waals surface area contributed by atoms with Crippen LogP contribution < -0.4 is 10.6 Å². The Kier molecular flexibility index (Phi) is 9.06. The van der Waals surface area contributed by atoms with Crippen molar-refractivity contribution in [1.82, 2.24) is 10.6 Å². The van der Waals surface area contributed by atoms with Crippen LogP contribution in [0.15, 0.2) is 60.7 Å². The standard InChI is InChI=1S/C25H34N2O3/c1-5-18(4)21(16-28)26-25(30)23(17(2)3)27-24(29)22(19-12-8-6-9-13-19)20-14-10-7-11-15-20/h6-15,17-18,21-23,28H,5,16H2,1-4H3,(H,26,30)(H,27,29). The Bertz CT molecular complexity index is 753. The number of hydrogen-bond acceptors (Lipinski definition) is 3. The normalized spacial score (nSPS) is 14.2. The molecule has 0 bridgehead atoms. The van der Waals surface area contributed by atoms with Gasteiger partial charge in [-0.15, -0.1) is 0 Å². The average Bonchev–Trinajstić information content (AvgIpc) is 2.76. The van der Waals surface area contributed by atoms with Crippen LogP contribution in [0, 0.1) is 11.8 Å². The van der Waals surface area contributed by atoms with Gasteiger partial charge in [0.1, 0.15) is 6.04 Å². The van der Waals surface area contributed by atoms with E-state index in [1.165, 1.54) is 0 Å². The molecule has 0 fully saturated rings. The summed E-state index contributed by atoms with van der Waals surface area (Å²) in [6.45, 7) is 7.69. The molecular formula is C25H34N2O3. The van der Waals surface area contributed by atoms with Gasteiger partial charge in [-0.2, -0.15) is 0 Å². The molecule has 0 aromatic heterocycles. The van der Waals surface area contributed by atoms with Crippen LogP contribution in [-0.4, -0.2) is 35.6 Å². The Labute approximate surface area is 179 Å². The third-order valence-corrected chi connectivity index (χ3v) is 5.63. The highest BCUT2D eigenvalue weighted by Gasteiger charge is 2.31. The molecule has 0 aliphatic rings. The highest BCUT2D eigenvalue weighted by molar-refractivity contribution is 5.92. The zero-order chi connectivity index (χ0) is 22.1.